The summed E-state index contributed by atoms with van der Waals surface area (Å²) in [6, 6.07) is 0. The molecule has 3 N–H and O–H groups in total. The molecule has 12 heteroatoms. The van der Waals surface area contributed by atoms with E-state index in [1.165, 1.54) is 11.3 Å². The van der Waals surface area contributed by atoms with Gasteiger partial charge in [-0.25, -0.2) is 0 Å². The van der Waals surface area contributed by atoms with E-state index in [9.17, 15) is 0 Å². The molecular weight excluding hydrogens is 330 g/mol. The normalized spacial score (nSPS) is 10.8. The molecule has 0 bridgehead atoms. The fourth-order valence-electron chi connectivity index (χ4n) is 1.15. The number of aromatic nitrogens is 4. The zero-order valence-corrected chi connectivity index (χ0v) is 12.9. The van der Waals surface area contributed by atoms with E-state index in [2.05, 4.69) is 20.6 Å². The summed E-state index contributed by atoms with van der Waals surface area (Å²) in [6.07, 6.45) is 1.74. The van der Waals surface area contributed by atoms with E-state index in [0.717, 1.165) is 16.7 Å². The van der Waals surface area contributed by atoms with E-state index in [1.807, 2.05) is 14.0 Å². The van der Waals surface area contributed by atoms with E-state index >= 15 is 0 Å². The maximum absolute atomic E-state index is 8.74. The number of halogens is 1. The molecule has 0 aliphatic carbocycles. The third kappa shape index (κ3) is 5.79. The highest BCUT2D eigenvalue weighted by Gasteiger charge is 2.13. The molecule has 2 heterocycles. The average Bonchev–Trinajstić information content (AvgIpc) is 2.83. The van der Waals surface area contributed by atoms with Gasteiger partial charge in [-0.15, -0.1) is 10.2 Å². The maximum atomic E-state index is 8.74. The maximum Gasteiger partial charge on any atom is 0.394 e. The highest BCUT2D eigenvalue weighted by molar-refractivity contribution is 7.79. The Labute approximate surface area is 124 Å². The van der Waals surface area contributed by atoms with Crippen LogP contribution in [0.25, 0.3) is 10.7 Å². The Morgan fingerprint density at radius 3 is 2.50 bits per heavy atom. The van der Waals surface area contributed by atoms with Crippen LogP contribution in [0.15, 0.2) is 6.20 Å². The zero-order chi connectivity index (χ0) is 15.3. The van der Waals surface area contributed by atoms with Crippen LogP contribution in [0.2, 0.25) is 5.02 Å². The molecule has 0 saturated heterocycles. The summed E-state index contributed by atoms with van der Waals surface area (Å²) in [4.78, 5) is 0. The minimum atomic E-state index is -4.67. The second-order valence-electron chi connectivity index (χ2n) is 3.39. The number of hydrogen-bond donors (Lipinski definition) is 3. The predicted molar refractivity (Wildman–Crippen MR) is 75.5 cm³/mol. The molecular formula is C8H12ClN5O4S2. The summed E-state index contributed by atoms with van der Waals surface area (Å²) < 4.78 is 33.2. The summed E-state index contributed by atoms with van der Waals surface area (Å²) in [5.74, 6) is 0. The van der Waals surface area contributed by atoms with Gasteiger partial charge in [-0.1, -0.05) is 22.9 Å². The van der Waals surface area contributed by atoms with Gasteiger partial charge in [0.25, 0.3) is 0 Å². The molecule has 0 fully saturated rings. The van der Waals surface area contributed by atoms with Gasteiger partial charge in [0.2, 0.25) is 5.13 Å². The van der Waals surface area contributed by atoms with Gasteiger partial charge in [-0.3, -0.25) is 13.8 Å². The van der Waals surface area contributed by atoms with E-state index in [4.69, 9.17) is 29.1 Å². The second kappa shape index (κ2) is 6.95. The number of aryl methyl sites for hydroxylation is 1. The van der Waals surface area contributed by atoms with Crippen LogP contribution in [0, 0.1) is 0 Å². The van der Waals surface area contributed by atoms with Crippen LogP contribution in [0.3, 0.4) is 0 Å². The summed E-state index contributed by atoms with van der Waals surface area (Å²) in [5.41, 5.74) is 0.681. The first-order valence-corrected chi connectivity index (χ1v) is 7.76. The lowest BCUT2D eigenvalue weighted by molar-refractivity contribution is 0.381. The van der Waals surface area contributed by atoms with Crippen molar-refractivity contribution in [2.75, 3.05) is 11.9 Å². The van der Waals surface area contributed by atoms with Gasteiger partial charge in [-0.2, -0.15) is 13.5 Å². The molecule has 112 valence electrons. The van der Waals surface area contributed by atoms with Crippen molar-refractivity contribution in [2.45, 2.75) is 6.92 Å². The lowest BCUT2D eigenvalue weighted by Gasteiger charge is -1.91. The van der Waals surface area contributed by atoms with Crippen molar-refractivity contribution in [1.82, 2.24) is 20.0 Å². The first-order valence-electron chi connectivity index (χ1n) is 5.17. The van der Waals surface area contributed by atoms with Gasteiger partial charge in [-0.05, 0) is 6.92 Å². The molecule has 0 aliphatic heterocycles. The van der Waals surface area contributed by atoms with Crippen molar-refractivity contribution >= 4 is 38.5 Å². The lowest BCUT2D eigenvalue weighted by Crippen LogP contribution is -1.94. The molecule has 0 atom stereocenters. The van der Waals surface area contributed by atoms with Crippen molar-refractivity contribution in [1.29, 1.82) is 0 Å². The van der Waals surface area contributed by atoms with E-state index in [0.29, 0.717) is 10.7 Å². The van der Waals surface area contributed by atoms with Crippen molar-refractivity contribution < 1.29 is 17.5 Å². The first-order chi connectivity index (χ1) is 9.20. The van der Waals surface area contributed by atoms with Crippen LogP contribution in [-0.4, -0.2) is 44.0 Å². The summed E-state index contributed by atoms with van der Waals surface area (Å²) >= 11 is 7.45. The second-order valence-corrected chi connectivity index (χ2v) is 5.67. The van der Waals surface area contributed by atoms with Gasteiger partial charge < -0.3 is 5.32 Å². The van der Waals surface area contributed by atoms with E-state index in [1.54, 1.807) is 10.9 Å². The number of nitrogens with one attached hydrogen (secondary N) is 1. The van der Waals surface area contributed by atoms with Crippen molar-refractivity contribution in [3.8, 4) is 10.7 Å². The standard InChI is InChI=1S/C8H10ClN5S.H2O4S/c1-3-10-8-12-11-7(15-8)6-5(9)4-14(2)13-6;1-5(2,3)4/h4H,3H2,1-2H3,(H,10,12);(H2,1,2,3,4). The molecule has 0 amide bonds. The predicted octanol–water partition coefficient (Wildman–Crippen LogP) is 1.37. The smallest absolute Gasteiger partial charge is 0.360 e. The highest BCUT2D eigenvalue weighted by Crippen LogP contribution is 2.30. The molecule has 20 heavy (non-hydrogen) atoms. The Bertz CT molecular complexity index is 660. The van der Waals surface area contributed by atoms with Crippen molar-refractivity contribution in [3.05, 3.63) is 11.2 Å². The highest BCUT2D eigenvalue weighted by atomic mass is 35.5. The molecule has 9 nitrogen and oxygen atoms in total. The molecule has 0 radical (unpaired) electrons. The molecule has 0 aromatic carbocycles. The van der Waals surface area contributed by atoms with Crippen LogP contribution >= 0.6 is 22.9 Å². The van der Waals surface area contributed by atoms with Crippen molar-refractivity contribution in [2.24, 2.45) is 7.05 Å². The number of hydrogen-bond acceptors (Lipinski definition) is 7. The Kier molecular flexibility index (Phi) is 5.83. The molecule has 0 saturated carbocycles. The van der Waals surface area contributed by atoms with Crippen LogP contribution < -0.4 is 5.32 Å². The topological polar surface area (TPSA) is 130 Å². The van der Waals surface area contributed by atoms with Crippen LogP contribution in [0.4, 0.5) is 5.13 Å². The Balaban J connectivity index is 0.000000347. The fourth-order valence-corrected chi connectivity index (χ4v) is 2.28. The van der Waals surface area contributed by atoms with Gasteiger partial charge in [0.1, 0.15) is 5.69 Å². The van der Waals surface area contributed by atoms with Gasteiger partial charge in [0.05, 0.1) is 5.02 Å². The van der Waals surface area contributed by atoms with Gasteiger partial charge in [0.15, 0.2) is 5.01 Å². The van der Waals surface area contributed by atoms with E-state index in [-0.39, 0.29) is 0 Å². The Morgan fingerprint density at radius 1 is 1.45 bits per heavy atom. The quantitative estimate of drug-likeness (QED) is 0.713. The summed E-state index contributed by atoms with van der Waals surface area (Å²) in [5, 5.41) is 17.4. The third-order valence-corrected chi connectivity index (χ3v) is 2.90. The van der Waals surface area contributed by atoms with Crippen molar-refractivity contribution in [3.63, 3.8) is 0 Å². The average molecular weight is 342 g/mol. The van der Waals surface area contributed by atoms with Crippen LogP contribution in [-0.2, 0) is 17.4 Å². The molecule has 2 aromatic rings. The number of anilines is 1. The minimum Gasteiger partial charge on any atom is -0.360 e. The van der Waals surface area contributed by atoms with Gasteiger partial charge >= 0.3 is 10.4 Å². The lowest BCUT2D eigenvalue weighted by atomic mass is 10.5. The molecule has 0 aliphatic rings. The largest absolute Gasteiger partial charge is 0.394 e. The van der Waals surface area contributed by atoms with Gasteiger partial charge in [0, 0.05) is 19.8 Å². The molecule has 2 aromatic heterocycles. The minimum absolute atomic E-state index is 0.594. The summed E-state index contributed by atoms with van der Waals surface area (Å²) in [6.45, 7) is 2.83. The van der Waals surface area contributed by atoms with Crippen LogP contribution in [0.5, 0.6) is 0 Å². The SMILES string of the molecule is CCNc1nnc(-c2nn(C)cc2Cl)s1.O=S(=O)(O)O. The molecule has 0 spiro atoms. The van der Waals surface area contributed by atoms with E-state index < -0.39 is 10.4 Å². The Morgan fingerprint density at radius 2 is 2.05 bits per heavy atom. The zero-order valence-electron chi connectivity index (χ0n) is 10.5. The number of rotatable bonds is 3. The fraction of sp³-hybridized carbons (Fsp3) is 0.375. The Hall–Kier alpha value is -1.27. The third-order valence-electron chi connectivity index (χ3n) is 1.74. The van der Waals surface area contributed by atoms with Crippen LogP contribution in [0.1, 0.15) is 6.92 Å². The summed E-state index contributed by atoms with van der Waals surface area (Å²) in [7, 11) is -2.85. The molecule has 2 rings (SSSR count). The number of nitrogens with zero attached hydrogens (tertiary/aromatic N) is 4. The first kappa shape index (κ1) is 16.8. The monoisotopic (exact) mass is 341 g/mol. The molecule has 0 unspecified atom stereocenters.